The van der Waals surface area contributed by atoms with Crippen molar-refractivity contribution in [2.24, 2.45) is 5.11 Å². The van der Waals surface area contributed by atoms with Crippen LogP contribution < -0.4 is 21.7 Å². The van der Waals surface area contributed by atoms with Crippen LogP contribution in [0, 0.1) is 6.92 Å². The van der Waals surface area contributed by atoms with Crippen molar-refractivity contribution in [3.8, 4) is 0 Å². The predicted octanol–water partition coefficient (Wildman–Crippen LogP) is -0.347. The number of H-pyrrole nitrogens is 1. The summed E-state index contributed by atoms with van der Waals surface area (Å²) in [6.45, 7) is 2.44. The first-order chi connectivity index (χ1) is 13.6. The summed E-state index contributed by atoms with van der Waals surface area (Å²) in [5.41, 5.74) is 7.79. The first kappa shape index (κ1) is 22.8. The lowest BCUT2D eigenvalue weighted by molar-refractivity contribution is -0.122. The van der Waals surface area contributed by atoms with E-state index in [9.17, 15) is 23.8 Å². The van der Waals surface area contributed by atoms with Gasteiger partial charge in [0.05, 0.1) is 24.8 Å². The molecule has 2 rings (SSSR count). The molecule has 1 fully saturated rings. The van der Waals surface area contributed by atoms with Crippen molar-refractivity contribution in [3.63, 3.8) is 0 Å². The number of amides is 1. The van der Waals surface area contributed by atoms with E-state index in [0.717, 1.165) is 4.57 Å². The van der Waals surface area contributed by atoms with Crippen molar-refractivity contribution in [3.05, 3.63) is 43.0 Å². The van der Waals surface area contributed by atoms with E-state index >= 15 is 0 Å². The number of ether oxygens (including phenoxy) is 1. The maximum Gasteiger partial charge on any atom is 0.403 e. The van der Waals surface area contributed by atoms with E-state index in [4.69, 9.17) is 14.8 Å². The second-order valence-electron chi connectivity index (χ2n) is 6.40. The van der Waals surface area contributed by atoms with E-state index in [2.05, 4.69) is 25.4 Å². The molecule has 1 amide bonds. The van der Waals surface area contributed by atoms with E-state index < -0.39 is 55.9 Å². The number of nitrogens with zero attached hydrogens (tertiary/aromatic N) is 4. The van der Waals surface area contributed by atoms with Crippen LogP contribution in [0.3, 0.4) is 0 Å². The third kappa shape index (κ3) is 5.76. The molecule has 1 aliphatic rings. The molecule has 15 heteroatoms. The normalized spacial score (nSPS) is 24.3. The summed E-state index contributed by atoms with van der Waals surface area (Å²) in [7, 11) is -2.99. The molecular weight excluding hydrogens is 409 g/mol. The molecule has 29 heavy (non-hydrogen) atoms. The van der Waals surface area contributed by atoms with E-state index in [-0.39, 0.29) is 12.0 Å². The molecule has 14 nitrogen and oxygen atoms in total. The third-order valence-electron chi connectivity index (χ3n) is 4.27. The topological polar surface area (TPSA) is 201 Å². The van der Waals surface area contributed by atoms with Gasteiger partial charge in [0.1, 0.15) is 6.23 Å². The summed E-state index contributed by atoms with van der Waals surface area (Å²) < 4.78 is 23.9. The number of carbonyl (C=O) groups excluding carboxylic acids is 1. The Balaban J connectivity index is 2.12. The molecule has 1 aromatic heterocycles. The fraction of sp³-hybridized carbons (Fsp3) is 0.643. The number of hydrogen-bond acceptors (Lipinski definition) is 7. The molecule has 160 valence electrons. The van der Waals surface area contributed by atoms with Crippen LogP contribution in [0.4, 0.5) is 0 Å². The zero-order valence-electron chi connectivity index (χ0n) is 15.9. The van der Waals surface area contributed by atoms with E-state index in [1.807, 2.05) is 0 Å². The Kier molecular flexibility index (Phi) is 7.36. The van der Waals surface area contributed by atoms with Crippen LogP contribution in [0.1, 0.15) is 25.1 Å². The van der Waals surface area contributed by atoms with Gasteiger partial charge in [-0.1, -0.05) is 5.11 Å². The maximum absolute atomic E-state index is 12.1. The molecule has 0 aliphatic carbocycles. The number of carbonyl (C=O) groups is 1. The SMILES string of the molecule is CNC(=O)[C@H](C)NP(=O)(O)OC[C@H]1OC(n2cc(C)c(=O)[nH]c2=O)C[C@H]1N=[N+]=[N-]. The van der Waals surface area contributed by atoms with Crippen molar-refractivity contribution < 1.29 is 23.5 Å². The molecule has 1 aliphatic heterocycles. The van der Waals surface area contributed by atoms with Crippen molar-refractivity contribution in [2.75, 3.05) is 13.7 Å². The highest BCUT2D eigenvalue weighted by atomic mass is 31.2. The van der Waals surface area contributed by atoms with Crippen LogP contribution in [-0.4, -0.2) is 52.2 Å². The summed E-state index contributed by atoms with van der Waals surface area (Å²) >= 11 is 0. The minimum Gasteiger partial charge on any atom is -0.358 e. The predicted molar refractivity (Wildman–Crippen MR) is 100.0 cm³/mol. The number of aryl methyl sites for hydroxylation is 1. The number of azide groups is 1. The maximum atomic E-state index is 12.1. The molecule has 0 spiro atoms. The van der Waals surface area contributed by atoms with Gasteiger partial charge in [-0.2, -0.15) is 0 Å². The first-order valence-corrected chi connectivity index (χ1v) is 10.1. The Hall–Kier alpha value is -2.47. The van der Waals surface area contributed by atoms with Crippen molar-refractivity contribution in [1.29, 1.82) is 0 Å². The second-order valence-corrected chi connectivity index (χ2v) is 7.95. The van der Waals surface area contributed by atoms with Gasteiger partial charge >= 0.3 is 13.4 Å². The minimum atomic E-state index is -4.37. The smallest absolute Gasteiger partial charge is 0.358 e. The van der Waals surface area contributed by atoms with Crippen LogP contribution in [0.25, 0.3) is 10.4 Å². The lowest BCUT2D eigenvalue weighted by Gasteiger charge is -2.21. The fourth-order valence-electron chi connectivity index (χ4n) is 2.76. The van der Waals surface area contributed by atoms with Crippen LogP contribution >= 0.6 is 7.75 Å². The van der Waals surface area contributed by atoms with Gasteiger partial charge in [0, 0.05) is 30.1 Å². The van der Waals surface area contributed by atoms with Crippen LogP contribution in [-0.2, 0) is 18.6 Å². The van der Waals surface area contributed by atoms with Gasteiger partial charge in [0.15, 0.2) is 0 Å². The zero-order chi connectivity index (χ0) is 21.8. The first-order valence-electron chi connectivity index (χ1n) is 8.56. The van der Waals surface area contributed by atoms with Crippen LogP contribution in [0.2, 0.25) is 0 Å². The summed E-state index contributed by atoms with van der Waals surface area (Å²) in [4.78, 5) is 49.8. The summed E-state index contributed by atoms with van der Waals surface area (Å²) in [6.07, 6.45) is -0.418. The van der Waals surface area contributed by atoms with Crippen LogP contribution in [0.5, 0.6) is 0 Å². The molecule has 4 N–H and O–H groups in total. The number of aromatic nitrogens is 2. The lowest BCUT2D eigenvalue weighted by Crippen LogP contribution is -2.39. The zero-order valence-corrected chi connectivity index (χ0v) is 16.8. The highest BCUT2D eigenvalue weighted by molar-refractivity contribution is 7.50. The number of hydrogen-bond donors (Lipinski definition) is 4. The van der Waals surface area contributed by atoms with Crippen LogP contribution in [0.15, 0.2) is 20.9 Å². The molecule has 0 saturated carbocycles. The summed E-state index contributed by atoms with van der Waals surface area (Å²) in [5, 5.41) is 8.07. The summed E-state index contributed by atoms with van der Waals surface area (Å²) in [6, 6.07) is -1.79. The van der Waals surface area contributed by atoms with Crippen molar-refractivity contribution in [1.82, 2.24) is 20.0 Å². The Bertz CT molecular complexity index is 970. The number of aromatic amines is 1. The number of nitrogens with one attached hydrogen (secondary N) is 3. The van der Waals surface area contributed by atoms with E-state index in [1.165, 1.54) is 27.1 Å². The Morgan fingerprint density at radius 1 is 1.62 bits per heavy atom. The lowest BCUT2D eigenvalue weighted by atomic mass is 10.1. The monoisotopic (exact) mass is 431 g/mol. The Morgan fingerprint density at radius 3 is 2.93 bits per heavy atom. The van der Waals surface area contributed by atoms with Crippen molar-refractivity contribution >= 4 is 13.7 Å². The van der Waals surface area contributed by atoms with Gasteiger partial charge in [-0.05, 0) is 19.4 Å². The van der Waals surface area contributed by atoms with Gasteiger partial charge in [0.2, 0.25) is 5.91 Å². The minimum absolute atomic E-state index is 0.0846. The number of rotatable bonds is 8. The molecule has 0 aromatic carbocycles. The average Bonchev–Trinajstić information content (AvgIpc) is 3.05. The largest absolute Gasteiger partial charge is 0.403 e. The van der Waals surface area contributed by atoms with Crippen molar-refractivity contribution in [2.45, 2.75) is 44.7 Å². The van der Waals surface area contributed by atoms with Gasteiger partial charge < -0.3 is 14.9 Å². The molecule has 5 atom stereocenters. The Morgan fingerprint density at radius 2 is 2.31 bits per heavy atom. The second kappa shape index (κ2) is 9.35. The van der Waals surface area contributed by atoms with Gasteiger partial charge in [-0.25, -0.2) is 14.4 Å². The molecular formula is C14H22N7O7P. The van der Waals surface area contributed by atoms with Gasteiger partial charge in [-0.15, -0.1) is 0 Å². The molecule has 0 radical (unpaired) electrons. The molecule has 2 heterocycles. The van der Waals surface area contributed by atoms with Gasteiger partial charge in [0.25, 0.3) is 5.56 Å². The summed E-state index contributed by atoms with van der Waals surface area (Å²) in [5.74, 6) is -0.514. The third-order valence-corrected chi connectivity index (χ3v) is 5.48. The van der Waals surface area contributed by atoms with Gasteiger partial charge in [-0.3, -0.25) is 23.7 Å². The molecule has 2 unspecified atom stereocenters. The Labute approximate surface area is 164 Å². The molecule has 1 aromatic rings. The average molecular weight is 431 g/mol. The van der Waals surface area contributed by atoms with E-state index in [1.54, 1.807) is 0 Å². The number of likely N-dealkylation sites (N-methyl/N-ethyl adjacent to an activating group) is 1. The highest BCUT2D eigenvalue weighted by Crippen LogP contribution is 2.40. The fourth-order valence-corrected chi connectivity index (χ4v) is 3.79. The van der Waals surface area contributed by atoms with E-state index in [0.29, 0.717) is 0 Å². The quantitative estimate of drug-likeness (QED) is 0.185. The highest BCUT2D eigenvalue weighted by Gasteiger charge is 2.38. The molecule has 0 bridgehead atoms. The molecule has 1 saturated heterocycles. The standard InChI is InChI=1S/C14H22N7O7P/c1-7-5-21(14(24)17-12(7)22)11-4-9(18-20-15)10(28-11)6-27-29(25,26)19-8(2)13(23)16-3/h5,8-11H,4,6H2,1-3H3,(H,16,23)(H,17,22,24)(H2,19,25,26)/t8-,9+,10+,11?/m0/s1.